The molecule has 0 atom stereocenters. The minimum Gasteiger partial charge on any atom is -0.489 e. The lowest BCUT2D eigenvalue weighted by molar-refractivity contribution is -0.211. The molecule has 0 spiro atoms. The number of hydrogen-bond acceptors (Lipinski definition) is 4. The molecule has 0 unspecified atom stereocenters. The van der Waals surface area contributed by atoms with Crippen molar-refractivity contribution in [3.63, 3.8) is 0 Å². The first-order chi connectivity index (χ1) is 14.4. The van der Waals surface area contributed by atoms with E-state index in [4.69, 9.17) is 21.2 Å². The van der Waals surface area contributed by atoms with Gasteiger partial charge >= 0.3 is 5.97 Å². The first-order valence-corrected chi connectivity index (χ1v) is 10.7. The maximum absolute atomic E-state index is 10.9. The molecule has 3 aromatic rings. The Bertz CT molecular complexity index is 996. The third-order valence-corrected chi connectivity index (χ3v) is 5.21. The van der Waals surface area contributed by atoms with Gasteiger partial charge < -0.3 is 4.74 Å². The monoisotopic (exact) mass is 534 g/mol. The molecule has 0 aliphatic heterocycles. The predicted octanol–water partition coefficient (Wildman–Crippen LogP) is 6.62. The van der Waals surface area contributed by atoms with E-state index < -0.39 is 5.97 Å². The third-order valence-electron chi connectivity index (χ3n) is 4.24. The summed E-state index contributed by atoms with van der Waals surface area (Å²) in [4.78, 5) is 20.5. The van der Waals surface area contributed by atoms with Crippen molar-refractivity contribution in [2.24, 2.45) is 0 Å². The molecule has 0 saturated carbocycles. The van der Waals surface area contributed by atoms with E-state index in [-0.39, 0.29) is 0 Å². The summed E-state index contributed by atoms with van der Waals surface area (Å²) >= 11 is 8.34. The fourth-order valence-corrected chi connectivity index (χ4v) is 3.28. The van der Waals surface area contributed by atoms with Crippen LogP contribution >= 0.6 is 34.2 Å². The predicted molar refractivity (Wildman–Crippen MR) is 127 cm³/mol. The summed E-state index contributed by atoms with van der Waals surface area (Å²) in [6.07, 6.45) is 2.05. The molecule has 0 bridgehead atoms. The van der Waals surface area contributed by atoms with Crippen LogP contribution in [0.25, 0.3) is 5.57 Å². The minimum atomic E-state index is -0.509. The molecule has 30 heavy (non-hydrogen) atoms. The number of carbonyl (C=O) groups is 1. The Morgan fingerprint density at radius 2 is 1.63 bits per heavy atom. The fraction of sp³-hybridized carbons (Fsp3) is 0.125. The summed E-state index contributed by atoms with van der Waals surface area (Å²) in [6.45, 7) is 3.52. The molecule has 6 heteroatoms. The lowest BCUT2D eigenvalue weighted by Crippen LogP contribution is -2.04. The van der Waals surface area contributed by atoms with Gasteiger partial charge in [-0.25, -0.2) is 4.79 Å². The van der Waals surface area contributed by atoms with Crippen LogP contribution < -0.4 is 9.62 Å². The van der Waals surface area contributed by atoms with Crippen molar-refractivity contribution in [2.75, 3.05) is 6.61 Å². The highest BCUT2D eigenvalue weighted by molar-refractivity contribution is 14.1. The Balaban J connectivity index is 1.77. The number of hydrogen-bond donors (Lipinski definition) is 0. The number of rotatable bonds is 7. The highest BCUT2D eigenvalue weighted by Gasteiger charge is 2.07. The number of carbonyl (C=O) groups excluding carboxylic acids is 1. The first kappa shape index (κ1) is 22.2. The topological polar surface area (TPSA) is 44.8 Å². The Hall–Kier alpha value is -2.51. The van der Waals surface area contributed by atoms with E-state index in [1.165, 1.54) is 10.5 Å². The Morgan fingerprint density at radius 3 is 2.23 bits per heavy atom. The van der Waals surface area contributed by atoms with E-state index in [0.29, 0.717) is 23.1 Å². The summed E-state index contributed by atoms with van der Waals surface area (Å²) < 4.78 is 7.10. The SMILES string of the molecule is CC(=O)OOc1ccc(OCC=C(c2ccc(Cl)cc2)c2ccc(I)cc2)cc1C. The standard InChI is InChI=1S/C24H20ClIO4/c1-16-15-22(11-12-24(16)30-29-17(2)27)28-14-13-23(18-3-7-20(25)8-4-18)19-5-9-21(26)10-6-19/h3-13,15H,14H2,1-2H3. The zero-order valence-electron chi connectivity index (χ0n) is 16.5. The molecule has 154 valence electrons. The average molecular weight is 535 g/mol. The second kappa shape index (κ2) is 10.5. The highest BCUT2D eigenvalue weighted by Crippen LogP contribution is 2.27. The molecule has 3 rings (SSSR count). The third kappa shape index (κ3) is 6.24. The molecule has 0 aliphatic rings. The molecule has 0 heterocycles. The highest BCUT2D eigenvalue weighted by atomic mass is 127. The van der Waals surface area contributed by atoms with E-state index in [1.54, 1.807) is 12.1 Å². The van der Waals surface area contributed by atoms with Crippen molar-refractivity contribution < 1.29 is 19.3 Å². The molecule has 0 N–H and O–H groups in total. The maximum atomic E-state index is 10.9. The van der Waals surface area contributed by atoms with Crippen molar-refractivity contribution in [3.05, 3.63) is 98.1 Å². The van der Waals surface area contributed by atoms with Crippen LogP contribution in [-0.2, 0) is 9.68 Å². The lowest BCUT2D eigenvalue weighted by Gasteiger charge is -2.11. The van der Waals surface area contributed by atoms with Crippen LogP contribution in [0.3, 0.4) is 0 Å². The second-order valence-electron chi connectivity index (χ2n) is 6.53. The van der Waals surface area contributed by atoms with Gasteiger partial charge in [0, 0.05) is 21.1 Å². The molecule has 3 aromatic carbocycles. The second-order valence-corrected chi connectivity index (χ2v) is 8.21. The number of halogens is 2. The van der Waals surface area contributed by atoms with Crippen molar-refractivity contribution >= 4 is 45.7 Å². The molecular weight excluding hydrogens is 515 g/mol. The van der Waals surface area contributed by atoms with Crippen LogP contribution in [-0.4, -0.2) is 12.6 Å². The van der Waals surface area contributed by atoms with Gasteiger partial charge in [-0.2, -0.15) is 0 Å². The summed E-state index contributed by atoms with van der Waals surface area (Å²) in [6, 6.07) is 21.4. The summed E-state index contributed by atoms with van der Waals surface area (Å²) in [7, 11) is 0. The van der Waals surface area contributed by atoms with Gasteiger partial charge in [-0.05, 0) is 94.8 Å². The summed E-state index contributed by atoms with van der Waals surface area (Å²) in [5, 5.41) is 0.698. The Morgan fingerprint density at radius 1 is 1.00 bits per heavy atom. The van der Waals surface area contributed by atoms with Crippen LogP contribution in [0.5, 0.6) is 11.5 Å². The molecule has 0 fully saturated rings. The summed E-state index contributed by atoms with van der Waals surface area (Å²) in [5.41, 5.74) is 4.02. The molecule has 0 aliphatic carbocycles. The van der Waals surface area contributed by atoms with Gasteiger partial charge in [0.15, 0.2) is 5.75 Å². The van der Waals surface area contributed by atoms with Crippen molar-refractivity contribution in [2.45, 2.75) is 13.8 Å². The van der Waals surface area contributed by atoms with Gasteiger partial charge in [0.25, 0.3) is 0 Å². The van der Waals surface area contributed by atoms with Crippen LogP contribution in [0.4, 0.5) is 0 Å². The number of benzene rings is 3. The van der Waals surface area contributed by atoms with Gasteiger partial charge in [-0.3, -0.25) is 9.78 Å². The number of ether oxygens (including phenoxy) is 1. The van der Waals surface area contributed by atoms with Crippen LogP contribution in [0.2, 0.25) is 5.02 Å². The van der Waals surface area contributed by atoms with Crippen LogP contribution in [0, 0.1) is 10.5 Å². The Labute approximate surface area is 194 Å². The van der Waals surface area contributed by atoms with E-state index >= 15 is 0 Å². The fourth-order valence-electron chi connectivity index (χ4n) is 2.79. The van der Waals surface area contributed by atoms with Gasteiger partial charge in [0.1, 0.15) is 12.4 Å². The van der Waals surface area contributed by atoms with Gasteiger partial charge in [0.05, 0.1) is 0 Å². The normalized spacial score (nSPS) is 11.1. The number of aryl methyl sites for hydroxylation is 1. The first-order valence-electron chi connectivity index (χ1n) is 9.23. The lowest BCUT2D eigenvalue weighted by atomic mass is 9.98. The van der Waals surface area contributed by atoms with Crippen LogP contribution in [0.1, 0.15) is 23.6 Å². The smallest absolute Gasteiger partial charge is 0.352 e. The van der Waals surface area contributed by atoms with Crippen LogP contribution in [0.15, 0.2) is 72.8 Å². The minimum absolute atomic E-state index is 0.382. The van der Waals surface area contributed by atoms with Gasteiger partial charge in [-0.15, -0.1) is 0 Å². The molecular formula is C24H20ClIO4. The quantitative estimate of drug-likeness (QED) is 0.194. The van der Waals surface area contributed by atoms with E-state index in [1.807, 2.05) is 43.3 Å². The molecule has 0 radical (unpaired) electrons. The largest absolute Gasteiger partial charge is 0.489 e. The zero-order chi connectivity index (χ0) is 21.5. The van der Waals surface area contributed by atoms with E-state index in [9.17, 15) is 4.79 Å². The molecule has 0 amide bonds. The molecule has 4 nitrogen and oxygen atoms in total. The average Bonchev–Trinajstić information content (AvgIpc) is 2.72. The van der Waals surface area contributed by atoms with Crippen molar-refractivity contribution in [1.29, 1.82) is 0 Å². The molecule has 0 saturated heterocycles. The molecule has 0 aromatic heterocycles. The maximum Gasteiger partial charge on any atom is 0.352 e. The summed E-state index contributed by atoms with van der Waals surface area (Å²) in [5.74, 6) is 0.649. The Kier molecular flexibility index (Phi) is 7.76. The van der Waals surface area contributed by atoms with Gasteiger partial charge in [0.2, 0.25) is 0 Å². The van der Waals surface area contributed by atoms with Gasteiger partial charge in [-0.1, -0.05) is 35.9 Å². The van der Waals surface area contributed by atoms with Crippen molar-refractivity contribution in [3.8, 4) is 11.5 Å². The van der Waals surface area contributed by atoms with Crippen molar-refractivity contribution in [1.82, 2.24) is 0 Å². The van der Waals surface area contributed by atoms with E-state index in [0.717, 1.165) is 22.3 Å². The van der Waals surface area contributed by atoms with E-state index in [2.05, 4.69) is 51.7 Å². The zero-order valence-corrected chi connectivity index (χ0v) is 19.4.